The minimum atomic E-state index is -0.329. The van der Waals surface area contributed by atoms with E-state index >= 15 is 0 Å². The third-order valence-electron chi connectivity index (χ3n) is 2.60. The smallest absolute Gasteiger partial charge is 0.146 e. The van der Waals surface area contributed by atoms with E-state index in [1.165, 1.54) is 10.4 Å². The summed E-state index contributed by atoms with van der Waals surface area (Å²) in [5, 5.41) is 5.46. The lowest BCUT2D eigenvalue weighted by atomic mass is 10.2. The first-order valence-corrected chi connectivity index (χ1v) is 6.61. The Morgan fingerprint density at radius 3 is 2.82 bits per heavy atom. The standard InChI is InChI=1S/C13H13ClFNS/c1-9-5-6-17-12(9)8-16-7-10-3-2-4-11(14)13(10)15/h2-6,16H,7-8H2,1H3. The van der Waals surface area contributed by atoms with Gasteiger partial charge in [-0.3, -0.25) is 0 Å². The minimum Gasteiger partial charge on any atom is -0.308 e. The second-order valence-electron chi connectivity index (χ2n) is 3.84. The van der Waals surface area contributed by atoms with Crippen molar-refractivity contribution in [3.05, 3.63) is 56.5 Å². The molecule has 0 atom stereocenters. The number of nitrogens with one attached hydrogen (secondary N) is 1. The van der Waals surface area contributed by atoms with Crippen molar-refractivity contribution in [3.8, 4) is 0 Å². The van der Waals surface area contributed by atoms with Crippen LogP contribution < -0.4 is 5.32 Å². The molecule has 0 saturated carbocycles. The molecule has 0 fully saturated rings. The molecule has 2 aromatic rings. The van der Waals surface area contributed by atoms with Gasteiger partial charge in [0, 0.05) is 23.5 Å². The number of benzene rings is 1. The molecule has 0 radical (unpaired) electrons. The van der Waals surface area contributed by atoms with Crippen LogP contribution in [0.25, 0.3) is 0 Å². The van der Waals surface area contributed by atoms with Crippen molar-refractivity contribution in [1.29, 1.82) is 0 Å². The van der Waals surface area contributed by atoms with E-state index in [4.69, 9.17) is 11.6 Å². The number of aryl methyl sites for hydroxylation is 1. The monoisotopic (exact) mass is 269 g/mol. The fourth-order valence-electron chi connectivity index (χ4n) is 1.58. The van der Waals surface area contributed by atoms with E-state index in [1.54, 1.807) is 29.5 Å². The van der Waals surface area contributed by atoms with Crippen molar-refractivity contribution < 1.29 is 4.39 Å². The van der Waals surface area contributed by atoms with Crippen LogP contribution in [-0.2, 0) is 13.1 Å². The van der Waals surface area contributed by atoms with E-state index in [9.17, 15) is 4.39 Å². The Bertz CT molecular complexity index is 510. The number of halogens is 2. The van der Waals surface area contributed by atoms with Gasteiger partial charge >= 0.3 is 0 Å². The molecular formula is C13H13ClFNS. The molecule has 0 bridgehead atoms. The Morgan fingerprint density at radius 2 is 2.12 bits per heavy atom. The average molecular weight is 270 g/mol. The number of hydrogen-bond donors (Lipinski definition) is 1. The zero-order valence-electron chi connectivity index (χ0n) is 9.47. The van der Waals surface area contributed by atoms with E-state index in [0.29, 0.717) is 12.1 Å². The van der Waals surface area contributed by atoms with Crippen LogP contribution in [0.5, 0.6) is 0 Å². The first-order valence-electron chi connectivity index (χ1n) is 5.35. The maximum absolute atomic E-state index is 13.6. The topological polar surface area (TPSA) is 12.0 Å². The lowest BCUT2D eigenvalue weighted by Gasteiger charge is -2.06. The summed E-state index contributed by atoms with van der Waals surface area (Å²) in [5.41, 5.74) is 1.88. The Labute approximate surface area is 109 Å². The van der Waals surface area contributed by atoms with Crippen LogP contribution in [0.15, 0.2) is 29.6 Å². The predicted octanol–water partition coefficient (Wildman–Crippen LogP) is 4.14. The highest BCUT2D eigenvalue weighted by Crippen LogP contribution is 2.18. The maximum Gasteiger partial charge on any atom is 0.146 e. The fraction of sp³-hybridized carbons (Fsp3) is 0.231. The molecule has 0 saturated heterocycles. The van der Waals surface area contributed by atoms with E-state index in [-0.39, 0.29) is 10.8 Å². The second kappa shape index (κ2) is 5.63. The van der Waals surface area contributed by atoms with Crippen molar-refractivity contribution in [3.63, 3.8) is 0 Å². The van der Waals surface area contributed by atoms with Crippen molar-refractivity contribution in [2.24, 2.45) is 0 Å². The van der Waals surface area contributed by atoms with E-state index in [1.807, 2.05) is 0 Å². The van der Waals surface area contributed by atoms with Gasteiger partial charge < -0.3 is 5.32 Å². The summed E-state index contributed by atoms with van der Waals surface area (Å²) in [6, 6.07) is 7.15. The summed E-state index contributed by atoms with van der Waals surface area (Å²) < 4.78 is 13.6. The third-order valence-corrected chi connectivity index (χ3v) is 3.92. The van der Waals surface area contributed by atoms with Gasteiger partial charge in [-0.05, 0) is 30.0 Å². The van der Waals surface area contributed by atoms with Crippen molar-refractivity contribution in [2.45, 2.75) is 20.0 Å². The molecule has 1 heterocycles. The second-order valence-corrected chi connectivity index (χ2v) is 5.25. The molecule has 0 amide bonds. The van der Waals surface area contributed by atoms with Crippen LogP contribution in [0.2, 0.25) is 5.02 Å². The van der Waals surface area contributed by atoms with E-state index < -0.39 is 0 Å². The maximum atomic E-state index is 13.6. The van der Waals surface area contributed by atoms with Crippen LogP contribution in [0.3, 0.4) is 0 Å². The first kappa shape index (κ1) is 12.6. The molecule has 0 aliphatic carbocycles. The van der Waals surface area contributed by atoms with Crippen LogP contribution in [0.1, 0.15) is 16.0 Å². The van der Waals surface area contributed by atoms with Gasteiger partial charge in [-0.25, -0.2) is 4.39 Å². The minimum absolute atomic E-state index is 0.177. The molecule has 1 nitrogen and oxygen atoms in total. The normalized spacial score (nSPS) is 10.8. The molecule has 0 aliphatic rings. The van der Waals surface area contributed by atoms with Gasteiger partial charge in [-0.2, -0.15) is 0 Å². The van der Waals surface area contributed by atoms with Crippen LogP contribution in [-0.4, -0.2) is 0 Å². The summed E-state index contributed by atoms with van der Waals surface area (Å²) in [5.74, 6) is -0.329. The lowest BCUT2D eigenvalue weighted by molar-refractivity contribution is 0.589. The van der Waals surface area contributed by atoms with Crippen LogP contribution >= 0.6 is 22.9 Å². The highest BCUT2D eigenvalue weighted by Gasteiger charge is 2.06. The first-order chi connectivity index (χ1) is 8.18. The molecule has 90 valence electrons. The van der Waals surface area contributed by atoms with Gasteiger partial charge in [0.15, 0.2) is 0 Å². The number of thiophene rings is 1. The zero-order chi connectivity index (χ0) is 12.3. The van der Waals surface area contributed by atoms with Gasteiger partial charge in [-0.1, -0.05) is 23.7 Å². The molecule has 0 aliphatic heterocycles. The predicted molar refractivity (Wildman–Crippen MR) is 71.0 cm³/mol. The molecule has 4 heteroatoms. The molecule has 0 unspecified atom stereocenters. The van der Waals surface area contributed by atoms with E-state index in [2.05, 4.69) is 23.7 Å². The lowest BCUT2D eigenvalue weighted by Crippen LogP contribution is -2.13. The molecule has 1 aromatic carbocycles. The summed E-state index contributed by atoms with van der Waals surface area (Å²) in [6.07, 6.45) is 0. The summed E-state index contributed by atoms with van der Waals surface area (Å²) in [7, 11) is 0. The van der Waals surface area contributed by atoms with Gasteiger partial charge in [-0.15, -0.1) is 11.3 Å². The van der Waals surface area contributed by atoms with Crippen LogP contribution in [0, 0.1) is 12.7 Å². The quantitative estimate of drug-likeness (QED) is 0.880. The molecule has 1 N–H and O–H groups in total. The van der Waals surface area contributed by atoms with Gasteiger partial charge in [0.2, 0.25) is 0 Å². The zero-order valence-corrected chi connectivity index (χ0v) is 11.0. The van der Waals surface area contributed by atoms with Crippen LogP contribution in [0.4, 0.5) is 4.39 Å². The largest absolute Gasteiger partial charge is 0.308 e. The molecule has 0 spiro atoms. The molecule has 17 heavy (non-hydrogen) atoms. The summed E-state index contributed by atoms with van der Waals surface area (Å²) in [6.45, 7) is 3.33. The summed E-state index contributed by atoms with van der Waals surface area (Å²) >= 11 is 7.43. The highest BCUT2D eigenvalue weighted by molar-refractivity contribution is 7.10. The van der Waals surface area contributed by atoms with Crippen molar-refractivity contribution >= 4 is 22.9 Å². The van der Waals surface area contributed by atoms with E-state index in [0.717, 1.165) is 6.54 Å². The Kier molecular flexibility index (Phi) is 4.15. The highest BCUT2D eigenvalue weighted by atomic mass is 35.5. The average Bonchev–Trinajstić information content (AvgIpc) is 2.71. The SMILES string of the molecule is Cc1ccsc1CNCc1cccc(Cl)c1F. The number of hydrogen-bond acceptors (Lipinski definition) is 2. The Morgan fingerprint density at radius 1 is 1.29 bits per heavy atom. The van der Waals surface area contributed by atoms with Crippen molar-refractivity contribution in [2.75, 3.05) is 0 Å². The molecule has 1 aromatic heterocycles. The van der Waals surface area contributed by atoms with Crippen molar-refractivity contribution in [1.82, 2.24) is 5.32 Å². The Balaban J connectivity index is 1.95. The van der Waals surface area contributed by atoms with Gasteiger partial charge in [0.05, 0.1) is 5.02 Å². The molecular weight excluding hydrogens is 257 g/mol. The van der Waals surface area contributed by atoms with Gasteiger partial charge in [0.25, 0.3) is 0 Å². The third kappa shape index (κ3) is 3.06. The fourth-order valence-corrected chi connectivity index (χ4v) is 2.65. The number of rotatable bonds is 4. The Hall–Kier alpha value is -0.900. The molecule has 2 rings (SSSR count). The van der Waals surface area contributed by atoms with Gasteiger partial charge in [0.1, 0.15) is 5.82 Å². The summed E-state index contributed by atoms with van der Waals surface area (Å²) in [4.78, 5) is 1.28.